The summed E-state index contributed by atoms with van der Waals surface area (Å²) >= 11 is 0. The van der Waals surface area contributed by atoms with Crippen LogP contribution in [0.5, 0.6) is 0 Å². The Morgan fingerprint density at radius 3 is 1.29 bits per heavy atom. The second-order valence-electron chi connectivity index (χ2n) is 8.31. The van der Waals surface area contributed by atoms with Gasteiger partial charge in [0.1, 0.15) is 0 Å². The van der Waals surface area contributed by atoms with Crippen LogP contribution in [-0.2, 0) is 0 Å². The fourth-order valence-electron chi connectivity index (χ4n) is 3.82. The highest BCUT2D eigenvalue weighted by Crippen LogP contribution is 2.41. The molecule has 0 aliphatic rings. The normalized spacial score (nSPS) is 11.8. The molecule has 0 atom stereocenters. The third-order valence-electron chi connectivity index (χ3n) is 5.06. The van der Waals surface area contributed by atoms with Crippen molar-refractivity contribution in [2.24, 2.45) is 0 Å². The minimum Gasteiger partial charge on any atom is -0.0587 e. The van der Waals surface area contributed by atoms with Crippen molar-refractivity contribution in [2.45, 2.75) is 80.1 Å². The van der Waals surface area contributed by atoms with Crippen molar-refractivity contribution >= 4 is 0 Å². The van der Waals surface area contributed by atoms with Crippen molar-refractivity contribution in [3.8, 4) is 11.1 Å². The minimum atomic E-state index is 0.524. The summed E-state index contributed by atoms with van der Waals surface area (Å²) in [6.45, 7) is 20.6. The molecule has 2 aromatic carbocycles. The summed E-state index contributed by atoms with van der Waals surface area (Å²) in [6, 6.07) is 9.56. The van der Waals surface area contributed by atoms with Gasteiger partial charge in [-0.05, 0) is 77.5 Å². The van der Waals surface area contributed by atoms with E-state index in [1.165, 1.54) is 44.5 Å². The Morgan fingerprint density at radius 2 is 0.958 bits per heavy atom. The monoisotopic (exact) mass is 322 g/mol. The zero-order chi connectivity index (χ0) is 18.2. The summed E-state index contributed by atoms with van der Waals surface area (Å²) in [5.74, 6) is 1.61. The molecule has 2 aromatic rings. The van der Waals surface area contributed by atoms with Crippen LogP contribution in [0.4, 0.5) is 0 Å². The van der Waals surface area contributed by atoms with Crippen molar-refractivity contribution in [3.63, 3.8) is 0 Å². The van der Waals surface area contributed by atoms with Gasteiger partial charge < -0.3 is 0 Å². The molecule has 0 spiro atoms. The van der Waals surface area contributed by atoms with E-state index in [9.17, 15) is 0 Å². The average Bonchev–Trinajstić information content (AvgIpc) is 2.45. The first kappa shape index (κ1) is 18.8. The highest BCUT2D eigenvalue weighted by atomic mass is 14.2. The SMILES string of the molecule is Cc1cc(C)c(-c2c(C(C)C)cc(C(C)C)cc2C(C)C)c(C)c1. The molecule has 0 aliphatic carbocycles. The van der Waals surface area contributed by atoms with Gasteiger partial charge in [0.05, 0.1) is 0 Å². The number of aryl methyl sites for hydroxylation is 3. The first-order valence-corrected chi connectivity index (χ1v) is 9.39. The van der Waals surface area contributed by atoms with Crippen molar-refractivity contribution in [2.75, 3.05) is 0 Å². The summed E-state index contributed by atoms with van der Waals surface area (Å²) < 4.78 is 0. The molecule has 0 amide bonds. The van der Waals surface area contributed by atoms with Gasteiger partial charge in [-0.1, -0.05) is 71.4 Å². The van der Waals surface area contributed by atoms with Crippen LogP contribution in [0.2, 0.25) is 0 Å². The Hall–Kier alpha value is -1.56. The fourth-order valence-corrected chi connectivity index (χ4v) is 3.82. The molecule has 130 valence electrons. The van der Waals surface area contributed by atoms with Crippen LogP contribution >= 0.6 is 0 Å². The fraction of sp³-hybridized carbons (Fsp3) is 0.500. The number of hydrogen-bond acceptors (Lipinski definition) is 0. The zero-order valence-electron chi connectivity index (χ0n) is 17.0. The van der Waals surface area contributed by atoms with Gasteiger partial charge in [-0.3, -0.25) is 0 Å². The zero-order valence-corrected chi connectivity index (χ0v) is 17.0. The van der Waals surface area contributed by atoms with E-state index in [1.54, 1.807) is 0 Å². The van der Waals surface area contributed by atoms with Gasteiger partial charge in [0.2, 0.25) is 0 Å². The summed E-state index contributed by atoms with van der Waals surface area (Å²) in [7, 11) is 0. The van der Waals surface area contributed by atoms with E-state index in [1.807, 2.05) is 0 Å². The Bertz CT molecular complexity index is 678. The number of benzene rings is 2. The molecular formula is C24H34. The van der Waals surface area contributed by atoms with Gasteiger partial charge in [0.25, 0.3) is 0 Å². The van der Waals surface area contributed by atoms with Crippen LogP contribution < -0.4 is 0 Å². The molecule has 24 heavy (non-hydrogen) atoms. The summed E-state index contributed by atoms with van der Waals surface area (Å²) in [5.41, 5.74) is 11.5. The van der Waals surface area contributed by atoms with Crippen LogP contribution in [0.15, 0.2) is 24.3 Å². The Kier molecular flexibility index (Phi) is 5.58. The molecule has 0 bridgehead atoms. The first-order valence-electron chi connectivity index (χ1n) is 9.39. The van der Waals surface area contributed by atoms with Crippen LogP contribution in [0.3, 0.4) is 0 Å². The van der Waals surface area contributed by atoms with Crippen molar-refractivity contribution in [3.05, 3.63) is 57.6 Å². The molecule has 0 heterocycles. The molecule has 0 radical (unpaired) electrons. The van der Waals surface area contributed by atoms with Crippen molar-refractivity contribution < 1.29 is 0 Å². The maximum Gasteiger partial charge on any atom is -0.0109 e. The molecule has 0 heteroatoms. The smallest absolute Gasteiger partial charge is 0.0109 e. The third kappa shape index (κ3) is 3.58. The molecule has 0 aliphatic heterocycles. The van der Waals surface area contributed by atoms with Gasteiger partial charge in [-0.2, -0.15) is 0 Å². The van der Waals surface area contributed by atoms with Crippen molar-refractivity contribution in [1.29, 1.82) is 0 Å². The lowest BCUT2D eigenvalue weighted by Crippen LogP contribution is -2.05. The van der Waals surface area contributed by atoms with Crippen LogP contribution in [0, 0.1) is 20.8 Å². The van der Waals surface area contributed by atoms with Gasteiger partial charge in [-0.15, -0.1) is 0 Å². The molecule has 0 unspecified atom stereocenters. The summed E-state index contributed by atoms with van der Waals surface area (Å²) in [6.07, 6.45) is 0. The Labute approximate surface area is 149 Å². The number of hydrogen-bond donors (Lipinski definition) is 0. The quantitative estimate of drug-likeness (QED) is 0.542. The molecule has 0 N–H and O–H groups in total. The van der Waals surface area contributed by atoms with E-state index in [0.29, 0.717) is 17.8 Å². The van der Waals surface area contributed by atoms with E-state index in [-0.39, 0.29) is 0 Å². The van der Waals surface area contributed by atoms with Gasteiger partial charge in [0.15, 0.2) is 0 Å². The lowest BCUT2D eigenvalue weighted by Gasteiger charge is -2.25. The topological polar surface area (TPSA) is 0 Å². The predicted molar refractivity (Wildman–Crippen MR) is 108 cm³/mol. The van der Waals surface area contributed by atoms with Crippen LogP contribution in [-0.4, -0.2) is 0 Å². The standard InChI is InChI=1S/C24H34/c1-14(2)20-12-21(15(3)4)24(22(13-20)16(5)6)23-18(8)10-17(7)11-19(23)9/h10-16H,1-9H3. The molecule has 0 nitrogen and oxygen atoms in total. The third-order valence-corrected chi connectivity index (χ3v) is 5.06. The van der Waals surface area contributed by atoms with E-state index < -0.39 is 0 Å². The van der Waals surface area contributed by atoms with Crippen LogP contribution in [0.1, 0.15) is 92.7 Å². The highest BCUT2D eigenvalue weighted by Gasteiger charge is 2.20. The number of rotatable bonds is 4. The lowest BCUT2D eigenvalue weighted by atomic mass is 9.79. The molecule has 0 saturated carbocycles. The maximum absolute atomic E-state index is 2.45. The van der Waals surface area contributed by atoms with E-state index in [4.69, 9.17) is 0 Å². The maximum atomic E-state index is 2.45. The summed E-state index contributed by atoms with van der Waals surface area (Å²) in [4.78, 5) is 0. The molecule has 0 saturated heterocycles. The lowest BCUT2D eigenvalue weighted by molar-refractivity contribution is 0.807. The second-order valence-corrected chi connectivity index (χ2v) is 8.31. The van der Waals surface area contributed by atoms with Gasteiger partial charge in [0, 0.05) is 0 Å². The molecule has 0 aromatic heterocycles. The van der Waals surface area contributed by atoms with E-state index in [0.717, 1.165) is 0 Å². The van der Waals surface area contributed by atoms with E-state index >= 15 is 0 Å². The van der Waals surface area contributed by atoms with Gasteiger partial charge in [-0.25, -0.2) is 0 Å². The summed E-state index contributed by atoms with van der Waals surface area (Å²) in [5, 5.41) is 0. The minimum absolute atomic E-state index is 0.524. The second kappa shape index (κ2) is 7.13. The Morgan fingerprint density at radius 1 is 0.542 bits per heavy atom. The van der Waals surface area contributed by atoms with Gasteiger partial charge >= 0.3 is 0 Å². The highest BCUT2D eigenvalue weighted by molar-refractivity contribution is 5.78. The molecule has 2 rings (SSSR count). The van der Waals surface area contributed by atoms with Crippen molar-refractivity contribution in [1.82, 2.24) is 0 Å². The molecular weight excluding hydrogens is 288 g/mol. The predicted octanol–water partition coefficient (Wildman–Crippen LogP) is 7.65. The Balaban J connectivity index is 2.91. The molecule has 0 fully saturated rings. The van der Waals surface area contributed by atoms with E-state index in [2.05, 4.69) is 86.6 Å². The first-order chi connectivity index (χ1) is 11.1. The average molecular weight is 323 g/mol. The largest absolute Gasteiger partial charge is 0.0587 e. The van der Waals surface area contributed by atoms with Crippen LogP contribution in [0.25, 0.3) is 11.1 Å².